The number of halogens is 1. The Morgan fingerprint density at radius 2 is 1.95 bits per heavy atom. The van der Waals surface area contributed by atoms with Gasteiger partial charge in [-0.25, -0.2) is 12.8 Å². The van der Waals surface area contributed by atoms with Crippen molar-refractivity contribution >= 4 is 21.9 Å². The van der Waals surface area contributed by atoms with Gasteiger partial charge in [-0.05, 0) is 19.1 Å². The molecule has 0 saturated carbocycles. The average molecular weight is 318 g/mol. The molecule has 21 heavy (non-hydrogen) atoms. The normalized spacial score (nSPS) is 12.7. The number of rotatable bonds is 6. The molecule has 1 amide bonds. The van der Waals surface area contributed by atoms with Crippen molar-refractivity contribution in [2.45, 2.75) is 17.9 Å². The Hall–Kier alpha value is -2.00. The van der Waals surface area contributed by atoms with E-state index < -0.39 is 45.2 Å². The predicted octanol–water partition coefficient (Wildman–Crippen LogP) is 0.0355. The average Bonchev–Trinajstić information content (AvgIpc) is 2.36. The molecule has 116 valence electrons. The van der Waals surface area contributed by atoms with Gasteiger partial charge in [0.25, 0.3) is 0 Å². The van der Waals surface area contributed by atoms with Gasteiger partial charge in [-0.2, -0.15) is 4.72 Å². The van der Waals surface area contributed by atoms with Crippen LogP contribution in [-0.2, 0) is 19.6 Å². The van der Waals surface area contributed by atoms with Gasteiger partial charge in [0.05, 0.1) is 6.04 Å². The third-order valence-corrected chi connectivity index (χ3v) is 4.15. The van der Waals surface area contributed by atoms with Gasteiger partial charge >= 0.3 is 5.97 Å². The van der Waals surface area contributed by atoms with E-state index in [1.165, 1.54) is 26.1 Å². The maximum absolute atomic E-state index is 13.5. The lowest BCUT2D eigenvalue weighted by molar-refractivity contribution is -0.143. The summed E-state index contributed by atoms with van der Waals surface area (Å²) >= 11 is 0. The van der Waals surface area contributed by atoms with Gasteiger partial charge in [-0.1, -0.05) is 12.1 Å². The van der Waals surface area contributed by atoms with Crippen LogP contribution in [0.4, 0.5) is 4.39 Å². The highest BCUT2D eigenvalue weighted by atomic mass is 32.2. The largest absolute Gasteiger partial charge is 0.480 e. The lowest BCUT2D eigenvalue weighted by atomic mass is 10.3. The van der Waals surface area contributed by atoms with Crippen LogP contribution in [0.3, 0.4) is 0 Å². The highest BCUT2D eigenvalue weighted by molar-refractivity contribution is 7.89. The minimum Gasteiger partial charge on any atom is -0.480 e. The van der Waals surface area contributed by atoms with Gasteiger partial charge in [0, 0.05) is 7.05 Å². The number of amides is 1. The Kier molecular flexibility index (Phi) is 5.39. The molecule has 9 heteroatoms. The number of likely N-dealkylation sites (N-methyl/N-ethyl adjacent to an activating group) is 1. The molecule has 2 N–H and O–H groups in total. The van der Waals surface area contributed by atoms with Crippen LogP contribution in [0.15, 0.2) is 29.2 Å². The van der Waals surface area contributed by atoms with E-state index in [1.54, 1.807) is 0 Å². The molecule has 0 aromatic heterocycles. The molecular weight excluding hydrogens is 303 g/mol. The summed E-state index contributed by atoms with van der Waals surface area (Å²) in [6.07, 6.45) is 0. The molecule has 0 heterocycles. The van der Waals surface area contributed by atoms with Gasteiger partial charge in [0.1, 0.15) is 17.3 Å². The summed E-state index contributed by atoms with van der Waals surface area (Å²) in [5.41, 5.74) is 0. The number of nitrogens with one attached hydrogen (secondary N) is 1. The van der Waals surface area contributed by atoms with Crippen LogP contribution >= 0.6 is 0 Å². The Morgan fingerprint density at radius 1 is 1.38 bits per heavy atom. The molecule has 1 unspecified atom stereocenters. The van der Waals surface area contributed by atoms with E-state index in [4.69, 9.17) is 5.11 Å². The molecule has 1 aromatic rings. The van der Waals surface area contributed by atoms with Crippen LogP contribution < -0.4 is 4.72 Å². The van der Waals surface area contributed by atoms with Gasteiger partial charge in [0.15, 0.2) is 0 Å². The van der Waals surface area contributed by atoms with Crippen molar-refractivity contribution in [1.82, 2.24) is 9.62 Å². The fourth-order valence-corrected chi connectivity index (χ4v) is 2.90. The first-order valence-electron chi connectivity index (χ1n) is 5.89. The monoisotopic (exact) mass is 318 g/mol. The van der Waals surface area contributed by atoms with Crippen molar-refractivity contribution in [2.24, 2.45) is 0 Å². The fourth-order valence-electron chi connectivity index (χ4n) is 1.62. The molecule has 7 nitrogen and oxygen atoms in total. The molecule has 1 aromatic carbocycles. The molecule has 1 rings (SSSR count). The molecule has 0 aliphatic heterocycles. The van der Waals surface area contributed by atoms with E-state index >= 15 is 0 Å². The Bertz CT molecular complexity index is 647. The van der Waals surface area contributed by atoms with Crippen LogP contribution in [0, 0.1) is 5.82 Å². The summed E-state index contributed by atoms with van der Waals surface area (Å²) < 4.78 is 39.4. The van der Waals surface area contributed by atoms with Crippen LogP contribution in [0.2, 0.25) is 0 Å². The summed E-state index contributed by atoms with van der Waals surface area (Å²) in [6.45, 7) is 0.684. The first kappa shape index (κ1) is 17.1. The van der Waals surface area contributed by atoms with Crippen molar-refractivity contribution in [3.8, 4) is 0 Å². The summed E-state index contributed by atoms with van der Waals surface area (Å²) in [6, 6.07) is 3.51. The summed E-state index contributed by atoms with van der Waals surface area (Å²) in [5, 5.41) is 8.58. The van der Waals surface area contributed by atoms with Crippen molar-refractivity contribution in [3.63, 3.8) is 0 Å². The standard InChI is InChI=1S/C12H15FN2O5S/c1-8(12(18)15(2)7-11(16)17)14-21(19,20)10-6-4-3-5-9(10)13/h3-6,8,14H,7H2,1-2H3,(H,16,17). The molecular formula is C12H15FN2O5S. The molecule has 0 saturated heterocycles. The number of nitrogens with zero attached hydrogens (tertiary/aromatic N) is 1. The highest BCUT2D eigenvalue weighted by Gasteiger charge is 2.26. The highest BCUT2D eigenvalue weighted by Crippen LogP contribution is 2.13. The minimum atomic E-state index is -4.22. The van der Waals surface area contributed by atoms with Gasteiger partial charge in [0.2, 0.25) is 15.9 Å². The first-order valence-corrected chi connectivity index (χ1v) is 7.37. The predicted molar refractivity (Wildman–Crippen MR) is 71.5 cm³/mol. The molecule has 1 atom stereocenters. The van der Waals surface area contributed by atoms with Gasteiger partial charge < -0.3 is 10.0 Å². The Morgan fingerprint density at radius 3 is 2.48 bits per heavy atom. The van der Waals surface area contributed by atoms with Crippen molar-refractivity contribution in [2.75, 3.05) is 13.6 Å². The molecule has 0 fully saturated rings. The summed E-state index contributed by atoms with van der Waals surface area (Å²) in [5.74, 6) is -2.91. The minimum absolute atomic E-state index is 0.565. The van der Waals surface area contributed by atoms with E-state index in [2.05, 4.69) is 0 Å². The second kappa shape index (κ2) is 6.64. The number of carbonyl (C=O) groups excluding carboxylic acids is 1. The first-order chi connectivity index (χ1) is 9.65. The van der Waals surface area contributed by atoms with Crippen LogP contribution in [-0.4, -0.2) is 49.9 Å². The molecule has 0 bridgehead atoms. The third kappa shape index (κ3) is 4.50. The number of sulfonamides is 1. The quantitative estimate of drug-likeness (QED) is 0.770. The summed E-state index contributed by atoms with van der Waals surface area (Å²) in [7, 11) is -2.99. The van der Waals surface area contributed by atoms with E-state index in [9.17, 15) is 22.4 Å². The molecule has 0 radical (unpaired) electrons. The zero-order valence-corrected chi connectivity index (χ0v) is 12.2. The maximum atomic E-state index is 13.5. The SMILES string of the molecule is CC(NS(=O)(=O)c1ccccc1F)C(=O)N(C)CC(=O)O. The smallest absolute Gasteiger partial charge is 0.323 e. The Labute approximate surface area is 121 Å². The molecule has 0 aliphatic carbocycles. The maximum Gasteiger partial charge on any atom is 0.323 e. The van der Waals surface area contributed by atoms with Crippen molar-refractivity contribution in [3.05, 3.63) is 30.1 Å². The van der Waals surface area contributed by atoms with Crippen LogP contribution in [0.25, 0.3) is 0 Å². The fraction of sp³-hybridized carbons (Fsp3) is 0.333. The second-order valence-corrected chi connectivity index (χ2v) is 6.04. The number of hydrogen-bond acceptors (Lipinski definition) is 4. The zero-order chi connectivity index (χ0) is 16.2. The van der Waals surface area contributed by atoms with Gasteiger partial charge in [-0.15, -0.1) is 0 Å². The zero-order valence-electron chi connectivity index (χ0n) is 11.4. The van der Waals surface area contributed by atoms with Gasteiger partial charge in [-0.3, -0.25) is 9.59 Å². The molecule has 0 aliphatic rings. The van der Waals surface area contributed by atoms with E-state index in [-0.39, 0.29) is 0 Å². The topological polar surface area (TPSA) is 104 Å². The number of carboxylic acids is 1. The van der Waals surface area contributed by atoms with Crippen molar-refractivity contribution in [1.29, 1.82) is 0 Å². The number of aliphatic carboxylic acids is 1. The molecule has 0 spiro atoms. The second-order valence-electron chi connectivity index (χ2n) is 4.36. The number of carbonyl (C=O) groups is 2. The van der Waals surface area contributed by atoms with E-state index in [1.807, 2.05) is 4.72 Å². The third-order valence-electron chi connectivity index (χ3n) is 2.58. The number of carboxylic acid groups (broad SMARTS) is 1. The summed E-state index contributed by atoms with van der Waals surface area (Å²) in [4.78, 5) is 22.6. The van der Waals surface area contributed by atoms with E-state index in [0.29, 0.717) is 0 Å². The van der Waals surface area contributed by atoms with Crippen molar-refractivity contribution < 1.29 is 27.5 Å². The lowest BCUT2D eigenvalue weighted by Gasteiger charge is -2.20. The van der Waals surface area contributed by atoms with Crippen LogP contribution in [0.5, 0.6) is 0 Å². The van der Waals surface area contributed by atoms with Crippen LogP contribution in [0.1, 0.15) is 6.92 Å². The Balaban J connectivity index is 2.87. The van der Waals surface area contributed by atoms with E-state index in [0.717, 1.165) is 17.0 Å². The number of benzene rings is 1. The number of hydrogen-bond donors (Lipinski definition) is 2. The lowest BCUT2D eigenvalue weighted by Crippen LogP contribution is -2.46.